The highest BCUT2D eigenvalue weighted by Gasteiger charge is 2.17. The first-order valence-electron chi connectivity index (χ1n) is 9.63. The number of benzene rings is 1. The molecule has 0 atom stereocenters. The van der Waals surface area contributed by atoms with Gasteiger partial charge in [-0.1, -0.05) is 66.5 Å². The molecule has 160 valence electrons. The van der Waals surface area contributed by atoms with E-state index in [1.54, 1.807) is 18.2 Å². The van der Waals surface area contributed by atoms with Crippen LogP contribution >= 0.6 is 45.4 Å². The molecule has 2 amide bonds. The number of carbonyl (C=O) groups excluding carboxylic acids is 2. The van der Waals surface area contributed by atoms with Crippen molar-refractivity contribution in [2.75, 3.05) is 10.6 Å². The van der Waals surface area contributed by atoms with Crippen LogP contribution in [0.15, 0.2) is 41.2 Å². The van der Waals surface area contributed by atoms with Crippen LogP contribution < -0.4 is 10.6 Å². The number of carbonyl (C=O) groups is 2. The lowest BCUT2D eigenvalue weighted by Gasteiger charge is -2.11. The van der Waals surface area contributed by atoms with E-state index < -0.39 is 6.03 Å². The second-order valence-electron chi connectivity index (χ2n) is 6.74. The number of Topliss-reactive ketones (excluding diaryl/α,β-unsaturated/α-hetero) is 1. The Bertz CT molecular complexity index is 977. The summed E-state index contributed by atoms with van der Waals surface area (Å²) in [5.74, 6) is 0.704. The van der Waals surface area contributed by atoms with Gasteiger partial charge in [0.25, 0.3) is 0 Å². The molecule has 1 aromatic heterocycles. The SMILES string of the molecule is CCCCCC(=O)c1cc(Cl)ccc1NC(=O)Nc1nc(C[SH]2C=CC=C2)c(Cl)s1. The molecule has 1 aliphatic rings. The fourth-order valence-electron chi connectivity index (χ4n) is 2.91. The Hall–Kier alpha value is -1.80. The Morgan fingerprint density at radius 3 is 2.63 bits per heavy atom. The maximum absolute atomic E-state index is 12.6. The molecule has 0 radical (unpaired) electrons. The average Bonchev–Trinajstić information content (AvgIpc) is 3.33. The van der Waals surface area contributed by atoms with Gasteiger partial charge in [-0.15, -0.1) is 0 Å². The van der Waals surface area contributed by atoms with E-state index in [1.807, 2.05) is 12.2 Å². The first-order valence-corrected chi connectivity index (χ1v) is 12.9. The number of hydrogen-bond acceptors (Lipinski definition) is 4. The van der Waals surface area contributed by atoms with Gasteiger partial charge in [0, 0.05) is 22.8 Å². The lowest BCUT2D eigenvalue weighted by Crippen LogP contribution is -2.21. The molecular formula is C21H23Cl2N3O2S2. The third kappa shape index (κ3) is 6.35. The molecule has 30 heavy (non-hydrogen) atoms. The third-order valence-electron chi connectivity index (χ3n) is 4.41. The van der Waals surface area contributed by atoms with Crippen molar-refractivity contribution in [1.82, 2.24) is 4.98 Å². The smallest absolute Gasteiger partial charge is 0.307 e. The molecule has 0 bridgehead atoms. The van der Waals surface area contributed by atoms with Crippen LogP contribution in [0.3, 0.4) is 0 Å². The predicted molar refractivity (Wildman–Crippen MR) is 131 cm³/mol. The van der Waals surface area contributed by atoms with Gasteiger partial charge in [0.05, 0.1) is 11.4 Å². The zero-order chi connectivity index (χ0) is 21.5. The van der Waals surface area contributed by atoms with Crippen LogP contribution in [0, 0.1) is 0 Å². The van der Waals surface area contributed by atoms with Crippen LogP contribution in [0.25, 0.3) is 0 Å². The molecule has 0 saturated heterocycles. The molecular weight excluding hydrogens is 461 g/mol. The van der Waals surface area contributed by atoms with Crippen LogP contribution in [0.2, 0.25) is 9.36 Å². The minimum Gasteiger partial charge on any atom is -0.307 e. The molecule has 3 rings (SSSR count). The number of anilines is 2. The minimum atomic E-state index is -0.483. The minimum absolute atomic E-state index is 0.0409. The van der Waals surface area contributed by atoms with Crippen molar-refractivity contribution in [3.8, 4) is 0 Å². The summed E-state index contributed by atoms with van der Waals surface area (Å²) >= 11 is 13.6. The number of nitrogens with one attached hydrogen (secondary N) is 2. The summed E-state index contributed by atoms with van der Waals surface area (Å²) in [4.78, 5) is 29.5. The quantitative estimate of drug-likeness (QED) is 0.197. The highest BCUT2D eigenvalue weighted by Crippen LogP contribution is 2.40. The van der Waals surface area contributed by atoms with Gasteiger partial charge in [0.2, 0.25) is 0 Å². The van der Waals surface area contributed by atoms with Crippen LogP contribution in [0.1, 0.15) is 48.7 Å². The molecule has 0 fully saturated rings. The van der Waals surface area contributed by atoms with Crippen molar-refractivity contribution in [1.29, 1.82) is 0 Å². The lowest BCUT2D eigenvalue weighted by molar-refractivity contribution is 0.0980. The molecule has 1 aromatic carbocycles. The van der Waals surface area contributed by atoms with Crippen molar-refractivity contribution in [2.45, 2.75) is 38.4 Å². The second kappa shape index (κ2) is 11.0. The summed E-state index contributed by atoms with van der Waals surface area (Å²) in [7, 11) is -0.386. The highest BCUT2D eigenvalue weighted by molar-refractivity contribution is 8.21. The second-order valence-corrected chi connectivity index (χ2v) is 10.7. The van der Waals surface area contributed by atoms with Crippen LogP contribution in [-0.2, 0) is 5.75 Å². The molecule has 0 spiro atoms. The number of unbranched alkanes of at least 4 members (excludes halogenated alkanes) is 2. The zero-order valence-electron chi connectivity index (χ0n) is 16.5. The third-order valence-corrected chi connectivity index (χ3v) is 7.67. The molecule has 0 unspecified atom stereocenters. The van der Waals surface area contributed by atoms with Crippen molar-refractivity contribution in [3.05, 3.63) is 61.8 Å². The van der Waals surface area contributed by atoms with E-state index in [-0.39, 0.29) is 16.7 Å². The summed E-state index contributed by atoms with van der Waals surface area (Å²) in [5.41, 5.74) is 1.61. The number of ketones is 1. The number of aromatic nitrogens is 1. The van der Waals surface area contributed by atoms with Crippen LogP contribution in [0.5, 0.6) is 0 Å². The summed E-state index contributed by atoms with van der Waals surface area (Å²) in [6.07, 6.45) is 7.28. The number of nitrogens with zero attached hydrogens (tertiary/aromatic N) is 1. The van der Waals surface area contributed by atoms with Gasteiger partial charge in [-0.25, -0.2) is 20.7 Å². The summed E-state index contributed by atoms with van der Waals surface area (Å²) in [6.45, 7) is 2.08. The Morgan fingerprint density at radius 2 is 1.90 bits per heavy atom. The van der Waals surface area contributed by atoms with Gasteiger partial charge < -0.3 is 5.32 Å². The van der Waals surface area contributed by atoms with Gasteiger partial charge in [-0.05, 0) is 35.4 Å². The monoisotopic (exact) mass is 483 g/mol. The van der Waals surface area contributed by atoms with E-state index in [0.717, 1.165) is 30.7 Å². The maximum Gasteiger partial charge on any atom is 0.325 e. The molecule has 0 saturated carbocycles. The average molecular weight is 484 g/mol. The fourth-order valence-corrected chi connectivity index (χ4v) is 5.84. The van der Waals surface area contributed by atoms with Crippen molar-refractivity contribution < 1.29 is 9.59 Å². The number of thiazole rings is 1. The molecule has 1 aliphatic heterocycles. The van der Waals surface area contributed by atoms with Gasteiger partial charge in [-0.2, -0.15) is 0 Å². The van der Waals surface area contributed by atoms with Gasteiger partial charge in [0.15, 0.2) is 10.9 Å². The Morgan fingerprint density at radius 1 is 1.13 bits per heavy atom. The number of allylic oxidation sites excluding steroid dienone is 2. The standard InChI is InChI=1S/C21H23Cl2N3O2S2/c1-2-3-4-7-18(27)15-12-14(22)8-9-16(15)24-20(28)26-21-25-17(19(23)29-21)13-30-10-5-6-11-30/h5-6,8-12,30H,2-4,7,13H2,1H3,(H2,24,25,26,28). The fraction of sp³-hybridized carbons (Fsp3) is 0.286. The zero-order valence-corrected chi connectivity index (χ0v) is 19.7. The van der Waals surface area contributed by atoms with E-state index >= 15 is 0 Å². The van der Waals surface area contributed by atoms with Crippen molar-refractivity contribution in [2.24, 2.45) is 0 Å². The number of halogens is 2. The summed E-state index contributed by atoms with van der Waals surface area (Å²) in [6, 6.07) is 4.39. The molecule has 2 N–H and O–H groups in total. The van der Waals surface area contributed by atoms with Crippen LogP contribution in [-0.4, -0.2) is 16.8 Å². The first kappa shape index (κ1) is 22.9. The normalized spacial score (nSPS) is 13.6. The van der Waals surface area contributed by atoms with E-state index in [1.165, 1.54) is 11.3 Å². The van der Waals surface area contributed by atoms with E-state index in [4.69, 9.17) is 23.2 Å². The predicted octanol–water partition coefficient (Wildman–Crippen LogP) is 7.40. The van der Waals surface area contributed by atoms with Gasteiger partial charge in [0.1, 0.15) is 4.34 Å². The first-order chi connectivity index (χ1) is 14.5. The van der Waals surface area contributed by atoms with Crippen LogP contribution in [0.4, 0.5) is 15.6 Å². The molecule has 5 nitrogen and oxygen atoms in total. The molecule has 9 heteroatoms. The highest BCUT2D eigenvalue weighted by atomic mass is 35.5. The number of thiol groups is 1. The van der Waals surface area contributed by atoms with E-state index in [0.29, 0.717) is 32.2 Å². The van der Waals surface area contributed by atoms with Gasteiger partial charge in [-0.3, -0.25) is 10.1 Å². The Balaban J connectivity index is 1.65. The summed E-state index contributed by atoms with van der Waals surface area (Å²) in [5, 5.41) is 10.6. The Kier molecular flexibility index (Phi) is 8.39. The number of rotatable bonds is 9. The maximum atomic E-state index is 12.6. The topological polar surface area (TPSA) is 71.1 Å². The molecule has 0 aliphatic carbocycles. The summed E-state index contributed by atoms with van der Waals surface area (Å²) < 4.78 is 0.569. The van der Waals surface area contributed by atoms with E-state index in [9.17, 15) is 9.59 Å². The number of urea groups is 1. The van der Waals surface area contributed by atoms with Gasteiger partial charge >= 0.3 is 6.03 Å². The lowest BCUT2D eigenvalue weighted by atomic mass is 10.0. The van der Waals surface area contributed by atoms with E-state index in [2.05, 4.69) is 33.4 Å². The van der Waals surface area contributed by atoms with Crippen molar-refractivity contribution in [3.63, 3.8) is 0 Å². The largest absolute Gasteiger partial charge is 0.325 e. The van der Waals surface area contributed by atoms with Crippen molar-refractivity contribution >= 4 is 68.1 Å². The number of amides is 2. The molecule has 2 heterocycles. The Labute approximate surface area is 192 Å². The molecule has 2 aromatic rings. The number of hydrogen-bond donors (Lipinski definition) is 3.